The second-order valence-electron chi connectivity index (χ2n) is 3.57. The van der Waals surface area contributed by atoms with Gasteiger partial charge >= 0.3 is 5.97 Å². The average molecular weight is 208 g/mol. The van der Waals surface area contributed by atoms with Gasteiger partial charge in [0.25, 0.3) is 0 Å². The van der Waals surface area contributed by atoms with Crippen molar-refractivity contribution >= 4 is 5.97 Å². The van der Waals surface area contributed by atoms with Crippen LogP contribution in [0.2, 0.25) is 0 Å². The molecular weight excluding hydrogens is 196 g/mol. The molecule has 15 heavy (non-hydrogen) atoms. The predicted octanol–water partition coefficient (Wildman–Crippen LogP) is 0.609. The molecule has 1 aliphatic rings. The van der Waals surface area contributed by atoms with Crippen molar-refractivity contribution in [3.05, 3.63) is 24.3 Å². The zero-order chi connectivity index (χ0) is 10.7. The maximum atomic E-state index is 11.3. The number of rotatable bonds is 2. The van der Waals surface area contributed by atoms with Crippen LogP contribution in [0, 0.1) is 0 Å². The molecule has 2 heterocycles. The normalized spacial score (nSPS) is 19.7. The van der Waals surface area contributed by atoms with Crippen molar-refractivity contribution in [2.24, 2.45) is 0 Å². The van der Waals surface area contributed by atoms with Crippen molar-refractivity contribution in [1.82, 2.24) is 9.97 Å². The van der Waals surface area contributed by atoms with E-state index >= 15 is 0 Å². The van der Waals surface area contributed by atoms with Crippen LogP contribution in [0.5, 0.6) is 0 Å². The highest BCUT2D eigenvalue weighted by Gasteiger charge is 2.44. The standard InChI is InChI=1S/C10H12N2O3/c13-9(14)10(2-6-15-7-3-10)8-11-4-1-5-12-8/h1,4-5H,2-3,6-7H2,(H,13,14). The van der Waals surface area contributed by atoms with Gasteiger partial charge in [-0.3, -0.25) is 4.79 Å². The molecule has 1 saturated heterocycles. The van der Waals surface area contributed by atoms with Gasteiger partial charge in [0.05, 0.1) is 0 Å². The molecule has 0 saturated carbocycles. The Bertz CT molecular complexity index is 347. The van der Waals surface area contributed by atoms with Crippen LogP contribution in [0.15, 0.2) is 18.5 Å². The van der Waals surface area contributed by atoms with Crippen LogP contribution in [-0.4, -0.2) is 34.3 Å². The van der Waals surface area contributed by atoms with Crippen molar-refractivity contribution in [3.8, 4) is 0 Å². The minimum Gasteiger partial charge on any atom is -0.480 e. The molecule has 5 nitrogen and oxygen atoms in total. The van der Waals surface area contributed by atoms with E-state index in [1.165, 1.54) is 0 Å². The number of hydrogen-bond acceptors (Lipinski definition) is 4. The summed E-state index contributed by atoms with van der Waals surface area (Å²) in [4.78, 5) is 19.4. The lowest BCUT2D eigenvalue weighted by Gasteiger charge is -2.31. The molecule has 1 aromatic heterocycles. The lowest BCUT2D eigenvalue weighted by Crippen LogP contribution is -2.42. The van der Waals surface area contributed by atoms with Crippen LogP contribution in [0.1, 0.15) is 18.7 Å². The molecule has 1 aromatic rings. The molecule has 0 aromatic carbocycles. The Balaban J connectivity index is 2.38. The van der Waals surface area contributed by atoms with Crippen LogP contribution < -0.4 is 0 Å². The van der Waals surface area contributed by atoms with Gasteiger partial charge in [0.1, 0.15) is 11.2 Å². The first-order valence-corrected chi connectivity index (χ1v) is 4.84. The fourth-order valence-electron chi connectivity index (χ4n) is 1.80. The first kappa shape index (κ1) is 10.0. The molecule has 0 amide bonds. The van der Waals surface area contributed by atoms with Gasteiger partial charge in [0.2, 0.25) is 0 Å². The number of aliphatic carboxylic acids is 1. The highest BCUT2D eigenvalue weighted by atomic mass is 16.5. The number of aromatic nitrogens is 2. The Morgan fingerprint density at radius 1 is 1.33 bits per heavy atom. The Kier molecular flexibility index (Phi) is 2.64. The van der Waals surface area contributed by atoms with Gasteiger partial charge in [0, 0.05) is 25.6 Å². The molecule has 0 atom stereocenters. The van der Waals surface area contributed by atoms with Gasteiger partial charge in [-0.15, -0.1) is 0 Å². The third-order valence-electron chi connectivity index (χ3n) is 2.75. The smallest absolute Gasteiger partial charge is 0.317 e. The van der Waals surface area contributed by atoms with E-state index in [2.05, 4.69) is 9.97 Å². The lowest BCUT2D eigenvalue weighted by molar-refractivity contribution is -0.148. The maximum Gasteiger partial charge on any atom is 0.317 e. The van der Waals surface area contributed by atoms with Gasteiger partial charge in [0.15, 0.2) is 0 Å². The highest BCUT2D eigenvalue weighted by molar-refractivity contribution is 5.80. The number of carboxylic acids is 1. The van der Waals surface area contributed by atoms with Crippen molar-refractivity contribution in [2.45, 2.75) is 18.3 Å². The number of hydrogen-bond donors (Lipinski definition) is 1. The molecule has 1 N–H and O–H groups in total. The summed E-state index contributed by atoms with van der Waals surface area (Å²) in [5.74, 6) is -0.474. The Labute approximate surface area is 87.1 Å². The fourth-order valence-corrected chi connectivity index (χ4v) is 1.80. The summed E-state index contributed by atoms with van der Waals surface area (Å²) in [6.45, 7) is 0.898. The molecule has 80 valence electrons. The van der Waals surface area contributed by atoms with E-state index in [0.29, 0.717) is 31.9 Å². The largest absolute Gasteiger partial charge is 0.480 e. The topological polar surface area (TPSA) is 72.3 Å². The average Bonchev–Trinajstić information content (AvgIpc) is 2.31. The van der Waals surface area contributed by atoms with E-state index in [9.17, 15) is 9.90 Å². The Hall–Kier alpha value is -1.49. The second-order valence-corrected chi connectivity index (χ2v) is 3.57. The van der Waals surface area contributed by atoms with E-state index in [1.54, 1.807) is 18.5 Å². The van der Waals surface area contributed by atoms with Crippen LogP contribution in [-0.2, 0) is 14.9 Å². The summed E-state index contributed by atoms with van der Waals surface area (Å²) < 4.78 is 5.18. The summed E-state index contributed by atoms with van der Waals surface area (Å²) in [6.07, 6.45) is 4.02. The van der Waals surface area contributed by atoms with E-state index < -0.39 is 11.4 Å². The summed E-state index contributed by atoms with van der Waals surface area (Å²) in [6, 6.07) is 1.68. The summed E-state index contributed by atoms with van der Waals surface area (Å²) in [5, 5.41) is 9.31. The highest BCUT2D eigenvalue weighted by Crippen LogP contribution is 2.32. The van der Waals surface area contributed by atoms with E-state index in [-0.39, 0.29) is 0 Å². The van der Waals surface area contributed by atoms with Gasteiger partial charge < -0.3 is 9.84 Å². The van der Waals surface area contributed by atoms with Gasteiger partial charge in [-0.25, -0.2) is 9.97 Å². The van der Waals surface area contributed by atoms with Crippen molar-refractivity contribution < 1.29 is 14.6 Å². The molecule has 0 bridgehead atoms. The second kappa shape index (κ2) is 3.94. The number of nitrogens with zero attached hydrogens (tertiary/aromatic N) is 2. The minimum absolute atomic E-state index is 0.390. The van der Waals surface area contributed by atoms with Crippen molar-refractivity contribution in [2.75, 3.05) is 13.2 Å². The minimum atomic E-state index is -0.959. The van der Waals surface area contributed by atoms with Crippen LogP contribution in [0.4, 0.5) is 0 Å². The molecule has 0 spiro atoms. The first-order chi connectivity index (χ1) is 7.26. The molecule has 1 aliphatic heterocycles. The molecule has 0 aliphatic carbocycles. The third-order valence-corrected chi connectivity index (χ3v) is 2.75. The first-order valence-electron chi connectivity index (χ1n) is 4.84. The fraction of sp³-hybridized carbons (Fsp3) is 0.500. The van der Waals surface area contributed by atoms with E-state index in [1.807, 2.05) is 0 Å². The number of ether oxygens (including phenoxy) is 1. The van der Waals surface area contributed by atoms with E-state index in [4.69, 9.17) is 4.74 Å². The monoisotopic (exact) mass is 208 g/mol. The van der Waals surface area contributed by atoms with Crippen molar-refractivity contribution in [3.63, 3.8) is 0 Å². The lowest BCUT2D eigenvalue weighted by atomic mass is 9.79. The van der Waals surface area contributed by atoms with Crippen LogP contribution >= 0.6 is 0 Å². The van der Waals surface area contributed by atoms with Gasteiger partial charge in [-0.2, -0.15) is 0 Å². The van der Waals surface area contributed by atoms with Gasteiger partial charge in [-0.05, 0) is 18.9 Å². The molecule has 1 fully saturated rings. The predicted molar refractivity (Wildman–Crippen MR) is 51.4 cm³/mol. The summed E-state index contributed by atoms with van der Waals surface area (Å²) in [7, 11) is 0. The maximum absolute atomic E-state index is 11.3. The van der Waals surface area contributed by atoms with Crippen LogP contribution in [0.3, 0.4) is 0 Å². The van der Waals surface area contributed by atoms with Crippen LogP contribution in [0.25, 0.3) is 0 Å². The molecule has 2 rings (SSSR count). The molecular formula is C10H12N2O3. The number of carboxylic acid groups (broad SMARTS) is 1. The third kappa shape index (κ3) is 1.70. The Morgan fingerprint density at radius 2 is 1.93 bits per heavy atom. The quantitative estimate of drug-likeness (QED) is 0.770. The molecule has 5 heteroatoms. The summed E-state index contributed by atoms with van der Waals surface area (Å²) >= 11 is 0. The molecule has 0 radical (unpaired) electrons. The zero-order valence-corrected chi connectivity index (χ0v) is 8.22. The SMILES string of the molecule is O=C(O)C1(c2ncccn2)CCOCC1. The number of carbonyl (C=O) groups is 1. The van der Waals surface area contributed by atoms with Crippen molar-refractivity contribution in [1.29, 1.82) is 0 Å². The molecule has 0 unspecified atom stereocenters. The zero-order valence-electron chi connectivity index (χ0n) is 8.22. The van der Waals surface area contributed by atoms with Gasteiger partial charge in [-0.1, -0.05) is 0 Å². The van der Waals surface area contributed by atoms with E-state index in [0.717, 1.165) is 0 Å². The Morgan fingerprint density at radius 3 is 2.47 bits per heavy atom. The summed E-state index contributed by atoms with van der Waals surface area (Å²) in [5.41, 5.74) is -0.959.